The van der Waals surface area contributed by atoms with Crippen LogP contribution in [0.1, 0.15) is 12.8 Å². The Balaban J connectivity index is 1.96. The van der Waals surface area contributed by atoms with Crippen LogP contribution in [0.25, 0.3) is 0 Å². The normalized spacial score (nSPS) is 17.7. The van der Waals surface area contributed by atoms with E-state index >= 15 is 0 Å². The van der Waals surface area contributed by atoms with Crippen molar-refractivity contribution in [3.05, 3.63) is 29.8 Å². The van der Waals surface area contributed by atoms with Gasteiger partial charge in [0.2, 0.25) is 0 Å². The Morgan fingerprint density at radius 1 is 1.38 bits per heavy atom. The Labute approximate surface area is 120 Å². The lowest BCUT2D eigenvalue weighted by molar-refractivity contribution is -0.151. The molecule has 0 radical (unpaired) electrons. The van der Waals surface area contributed by atoms with Crippen molar-refractivity contribution < 1.29 is 27.8 Å². The second kappa shape index (κ2) is 6.51. The van der Waals surface area contributed by atoms with E-state index in [4.69, 9.17) is 4.74 Å². The average Bonchev–Trinajstić information content (AvgIpc) is 2.94. The Morgan fingerprint density at radius 3 is 2.81 bits per heavy atom. The molecule has 1 aromatic carbocycles. The predicted octanol–water partition coefficient (Wildman–Crippen LogP) is 1.51. The summed E-state index contributed by atoms with van der Waals surface area (Å²) >= 11 is 0. The molecule has 1 saturated heterocycles. The number of esters is 1. The van der Waals surface area contributed by atoms with Gasteiger partial charge in [0.15, 0.2) is 18.2 Å². The molecule has 1 aliphatic heterocycles. The molecule has 0 aliphatic carbocycles. The highest BCUT2D eigenvalue weighted by atomic mass is 19.1. The third-order valence-corrected chi connectivity index (χ3v) is 3.29. The first-order chi connectivity index (χ1) is 10.0. The minimum atomic E-state index is -0.881. The second-order valence-corrected chi connectivity index (χ2v) is 4.63. The van der Waals surface area contributed by atoms with E-state index in [0.29, 0.717) is 25.5 Å². The van der Waals surface area contributed by atoms with Crippen molar-refractivity contribution in [3.63, 3.8) is 0 Å². The van der Waals surface area contributed by atoms with Gasteiger partial charge in [-0.3, -0.25) is 4.79 Å². The molecular weight excluding hydrogens is 284 g/mol. The summed E-state index contributed by atoms with van der Waals surface area (Å²) in [6.07, 6.45) is 1.22. The quantitative estimate of drug-likeness (QED) is 0.791. The van der Waals surface area contributed by atoms with Gasteiger partial charge >= 0.3 is 5.97 Å². The molecule has 114 valence electrons. The molecule has 7 heteroatoms. The van der Waals surface area contributed by atoms with Gasteiger partial charge in [0, 0.05) is 12.6 Å². The van der Waals surface area contributed by atoms with Crippen LogP contribution in [0.4, 0.5) is 8.78 Å². The number of methoxy groups -OCH3 is 1. The smallest absolute Gasteiger partial charge is 0.328 e. The maximum atomic E-state index is 13.4. The van der Waals surface area contributed by atoms with Gasteiger partial charge in [-0.2, -0.15) is 0 Å². The minimum Gasteiger partial charge on any atom is -0.481 e. The van der Waals surface area contributed by atoms with Gasteiger partial charge in [-0.15, -0.1) is 0 Å². The summed E-state index contributed by atoms with van der Waals surface area (Å²) in [4.78, 5) is 24.9. The van der Waals surface area contributed by atoms with E-state index in [2.05, 4.69) is 4.74 Å². The largest absolute Gasteiger partial charge is 0.481 e. The number of ether oxygens (including phenoxy) is 2. The Bertz CT molecular complexity index is 550. The molecule has 5 nitrogen and oxygen atoms in total. The van der Waals surface area contributed by atoms with Crippen LogP contribution in [-0.2, 0) is 14.3 Å². The van der Waals surface area contributed by atoms with Crippen molar-refractivity contribution in [1.29, 1.82) is 0 Å². The highest BCUT2D eigenvalue weighted by Crippen LogP contribution is 2.20. The highest BCUT2D eigenvalue weighted by Gasteiger charge is 2.34. The fraction of sp³-hybridized carbons (Fsp3) is 0.429. The topological polar surface area (TPSA) is 55.8 Å². The number of hydrogen-bond acceptors (Lipinski definition) is 4. The van der Waals surface area contributed by atoms with Crippen LogP contribution in [0.5, 0.6) is 5.75 Å². The fourth-order valence-corrected chi connectivity index (χ4v) is 2.26. The highest BCUT2D eigenvalue weighted by molar-refractivity contribution is 5.85. The third-order valence-electron chi connectivity index (χ3n) is 3.29. The van der Waals surface area contributed by atoms with Crippen LogP contribution >= 0.6 is 0 Å². The van der Waals surface area contributed by atoms with Crippen LogP contribution < -0.4 is 4.74 Å². The van der Waals surface area contributed by atoms with Gasteiger partial charge in [-0.05, 0) is 25.0 Å². The lowest BCUT2D eigenvalue weighted by atomic mass is 10.2. The summed E-state index contributed by atoms with van der Waals surface area (Å²) in [5, 5.41) is 0. The van der Waals surface area contributed by atoms with Crippen molar-refractivity contribution in [2.45, 2.75) is 18.9 Å². The van der Waals surface area contributed by atoms with Gasteiger partial charge < -0.3 is 14.4 Å². The van der Waals surface area contributed by atoms with Gasteiger partial charge in [0.25, 0.3) is 5.91 Å². The molecule has 0 spiro atoms. The average molecular weight is 299 g/mol. The molecule has 1 aliphatic rings. The lowest BCUT2D eigenvalue weighted by Crippen LogP contribution is -2.43. The monoisotopic (exact) mass is 299 g/mol. The maximum Gasteiger partial charge on any atom is 0.328 e. The van der Waals surface area contributed by atoms with Gasteiger partial charge in [-0.1, -0.05) is 0 Å². The molecule has 1 atom stereocenters. The summed E-state index contributed by atoms with van der Waals surface area (Å²) in [6, 6.07) is 2.20. The van der Waals surface area contributed by atoms with Crippen LogP contribution in [0, 0.1) is 11.6 Å². The lowest BCUT2D eigenvalue weighted by Gasteiger charge is -2.22. The zero-order chi connectivity index (χ0) is 15.4. The Kier molecular flexibility index (Phi) is 4.72. The molecule has 0 bridgehead atoms. The first-order valence-electron chi connectivity index (χ1n) is 6.48. The van der Waals surface area contributed by atoms with Crippen LogP contribution in [0.2, 0.25) is 0 Å². The van der Waals surface area contributed by atoms with E-state index in [-0.39, 0.29) is 5.75 Å². The zero-order valence-electron chi connectivity index (χ0n) is 11.5. The molecule has 1 unspecified atom stereocenters. The second-order valence-electron chi connectivity index (χ2n) is 4.63. The summed E-state index contributed by atoms with van der Waals surface area (Å²) in [5.74, 6) is -2.73. The number of carbonyl (C=O) groups excluding carboxylic acids is 2. The number of carbonyl (C=O) groups is 2. The molecular formula is C14H15F2NO4. The number of amides is 1. The number of likely N-dealkylation sites (tertiary alicyclic amines) is 1. The number of rotatable bonds is 4. The summed E-state index contributed by atoms with van der Waals surface area (Å²) in [5.41, 5.74) is 0. The van der Waals surface area contributed by atoms with Crippen molar-refractivity contribution >= 4 is 11.9 Å². The molecule has 1 heterocycles. The Hall–Kier alpha value is -2.18. The number of benzene rings is 1. The zero-order valence-corrected chi connectivity index (χ0v) is 11.5. The Morgan fingerprint density at radius 2 is 2.14 bits per heavy atom. The van der Waals surface area contributed by atoms with Crippen molar-refractivity contribution in [2.24, 2.45) is 0 Å². The van der Waals surface area contributed by atoms with Crippen molar-refractivity contribution in [2.75, 3.05) is 20.3 Å². The summed E-state index contributed by atoms with van der Waals surface area (Å²) in [6.45, 7) is 0.00388. The van der Waals surface area contributed by atoms with Gasteiger partial charge in [-0.25, -0.2) is 13.6 Å². The number of halogens is 2. The van der Waals surface area contributed by atoms with Crippen LogP contribution in [-0.4, -0.2) is 43.1 Å². The molecule has 0 aromatic heterocycles. The van der Waals surface area contributed by atoms with E-state index in [9.17, 15) is 18.4 Å². The van der Waals surface area contributed by atoms with Gasteiger partial charge in [0.1, 0.15) is 11.9 Å². The van der Waals surface area contributed by atoms with E-state index in [1.165, 1.54) is 12.0 Å². The van der Waals surface area contributed by atoms with Crippen molar-refractivity contribution in [3.8, 4) is 5.75 Å². The maximum absolute atomic E-state index is 13.4. The van der Waals surface area contributed by atoms with Crippen molar-refractivity contribution in [1.82, 2.24) is 4.90 Å². The molecule has 1 aromatic rings. The van der Waals surface area contributed by atoms with E-state index in [1.54, 1.807) is 0 Å². The molecule has 1 amide bonds. The fourth-order valence-electron chi connectivity index (χ4n) is 2.26. The molecule has 2 rings (SSSR count). The van der Waals surface area contributed by atoms with Gasteiger partial charge in [0.05, 0.1) is 7.11 Å². The summed E-state index contributed by atoms with van der Waals surface area (Å²) in [7, 11) is 1.26. The van der Waals surface area contributed by atoms with Crippen LogP contribution in [0.3, 0.4) is 0 Å². The number of hydrogen-bond donors (Lipinski definition) is 0. The first kappa shape index (κ1) is 15.2. The molecule has 1 fully saturated rings. The predicted molar refractivity (Wildman–Crippen MR) is 68.6 cm³/mol. The molecule has 0 N–H and O–H groups in total. The van der Waals surface area contributed by atoms with Crippen LogP contribution in [0.15, 0.2) is 18.2 Å². The molecule has 0 saturated carbocycles. The standard InChI is InChI=1S/C14H15F2NO4/c1-20-14(19)11-3-2-6-17(11)13(18)8-21-12-5-4-9(15)7-10(12)16/h4-5,7,11H,2-3,6,8H2,1H3. The number of nitrogens with zero attached hydrogens (tertiary/aromatic N) is 1. The SMILES string of the molecule is COC(=O)C1CCCN1C(=O)COc1ccc(F)cc1F. The molecule has 21 heavy (non-hydrogen) atoms. The summed E-state index contributed by atoms with van der Waals surface area (Å²) < 4.78 is 35.8. The van der Waals surface area contributed by atoms with E-state index < -0.39 is 36.2 Å². The van der Waals surface area contributed by atoms with E-state index in [1.807, 2.05) is 0 Å². The minimum absolute atomic E-state index is 0.210. The third kappa shape index (κ3) is 3.48. The van der Waals surface area contributed by atoms with E-state index in [0.717, 1.165) is 12.1 Å². The first-order valence-corrected chi connectivity index (χ1v) is 6.48.